The lowest BCUT2D eigenvalue weighted by Gasteiger charge is -2.34. The normalized spacial score (nSPS) is 17.4. The Morgan fingerprint density at radius 3 is 2.67 bits per heavy atom. The predicted molar refractivity (Wildman–Crippen MR) is 121 cm³/mol. The molecule has 1 aromatic carbocycles. The molecular weight excluding hydrogens is 378 g/mol. The van der Waals surface area contributed by atoms with Gasteiger partial charge in [0.15, 0.2) is 5.82 Å². The van der Waals surface area contributed by atoms with Gasteiger partial charge < -0.3 is 30.2 Å². The number of anilines is 4. The van der Waals surface area contributed by atoms with Crippen molar-refractivity contribution >= 4 is 34.2 Å². The zero-order valence-corrected chi connectivity index (χ0v) is 17.8. The first-order chi connectivity index (χ1) is 14.6. The molecule has 2 aromatic heterocycles. The Balaban J connectivity index is 1.43. The van der Waals surface area contributed by atoms with E-state index in [-0.39, 0.29) is 0 Å². The van der Waals surface area contributed by atoms with Crippen molar-refractivity contribution in [3.8, 4) is 5.75 Å². The number of likely N-dealkylation sites (N-methyl/N-ethyl adjacent to an activating group) is 1. The summed E-state index contributed by atoms with van der Waals surface area (Å²) < 4.78 is 5.69. The van der Waals surface area contributed by atoms with E-state index in [1.54, 1.807) is 7.11 Å². The van der Waals surface area contributed by atoms with E-state index < -0.39 is 0 Å². The second-order valence-corrected chi connectivity index (χ2v) is 8.31. The van der Waals surface area contributed by atoms with Crippen molar-refractivity contribution in [2.75, 3.05) is 55.9 Å². The third kappa shape index (κ3) is 3.75. The summed E-state index contributed by atoms with van der Waals surface area (Å²) in [6.07, 6.45) is 4.36. The van der Waals surface area contributed by atoms with Gasteiger partial charge >= 0.3 is 0 Å². The highest BCUT2D eigenvalue weighted by Crippen LogP contribution is 2.34. The van der Waals surface area contributed by atoms with E-state index in [2.05, 4.69) is 57.6 Å². The number of aromatic nitrogens is 3. The Morgan fingerprint density at radius 1 is 1.13 bits per heavy atom. The van der Waals surface area contributed by atoms with Crippen LogP contribution in [0.5, 0.6) is 5.75 Å². The van der Waals surface area contributed by atoms with Gasteiger partial charge in [0, 0.05) is 50.2 Å². The van der Waals surface area contributed by atoms with E-state index in [4.69, 9.17) is 14.7 Å². The van der Waals surface area contributed by atoms with Gasteiger partial charge in [0.1, 0.15) is 11.3 Å². The second-order valence-electron chi connectivity index (χ2n) is 8.31. The number of hydrogen-bond donors (Lipinski definition) is 3. The molecule has 0 spiro atoms. The average Bonchev–Trinajstić information content (AvgIpc) is 3.50. The molecule has 158 valence electrons. The molecule has 1 saturated heterocycles. The van der Waals surface area contributed by atoms with Gasteiger partial charge in [-0.25, -0.2) is 4.98 Å². The first-order valence-electron chi connectivity index (χ1n) is 10.6. The van der Waals surface area contributed by atoms with Crippen molar-refractivity contribution in [2.45, 2.75) is 25.8 Å². The van der Waals surface area contributed by atoms with E-state index in [0.717, 1.165) is 60.0 Å². The maximum absolute atomic E-state index is 5.69. The summed E-state index contributed by atoms with van der Waals surface area (Å²) in [7, 11) is 3.87. The van der Waals surface area contributed by atoms with Crippen molar-refractivity contribution in [1.82, 2.24) is 19.9 Å². The minimum absolute atomic E-state index is 0.511. The van der Waals surface area contributed by atoms with Crippen LogP contribution in [0.3, 0.4) is 0 Å². The average molecular weight is 408 g/mol. The number of benzene rings is 1. The molecule has 3 N–H and O–H groups in total. The first-order valence-corrected chi connectivity index (χ1v) is 10.6. The molecule has 2 fully saturated rings. The van der Waals surface area contributed by atoms with Gasteiger partial charge in [0.2, 0.25) is 5.95 Å². The number of ether oxygens (including phenoxy) is 1. The monoisotopic (exact) mass is 407 g/mol. The Morgan fingerprint density at radius 2 is 1.93 bits per heavy atom. The lowest BCUT2D eigenvalue weighted by molar-refractivity contribution is 0.312. The van der Waals surface area contributed by atoms with Gasteiger partial charge in [-0.3, -0.25) is 0 Å². The van der Waals surface area contributed by atoms with Crippen LogP contribution >= 0.6 is 0 Å². The lowest BCUT2D eigenvalue weighted by Crippen LogP contribution is -2.44. The van der Waals surface area contributed by atoms with Gasteiger partial charge in [0.25, 0.3) is 0 Å². The van der Waals surface area contributed by atoms with E-state index >= 15 is 0 Å². The quantitative estimate of drug-likeness (QED) is 0.578. The molecule has 1 aliphatic carbocycles. The molecular formula is C22H29N7O. The Hall–Kier alpha value is -3.00. The Labute approximate surface area is 176 Å². The predicted octanol–water partition coefficient (Wildman–Crippen LogP) is 3.34. The van der Waals surface area contributed by atoms with E-state index in [1.165, 1.54) is 18.5 Å². The number of rotatable bonds is 6. The largest absolute Gasteiger partial charge is 0.494 e. The van der Waals surface area contributed by atoms with Crippen LogP contribution in [0.1, 0.15) is 18.4 Å². The number of nitrogens with one attached hydrogen (secondary N) is 3. The molecule has 8 nitrogen and oxygen atoms in total. The van der Waals surface area contributed by atoms with Crippen LogP contribution in [-0.4, -0.2) is 66.2 Å². The van der Waals surface area contributed by atoms with E-state index in [1.807, 2.05) is 6.20 Å². The number of nitrogens with zero attached hydrogens (tertiary/aromatic N) is 4. The summed E-state index contributed by atoms with van der Waals surface area (Å²) in [6, 6.07) is 6.80. The fraction of sp³-hybridized carbons (Fsp3) is 0.455. The SMILES string of the molecule is COc1cc(N2CCN(C)CC2)ccc1Nc1nc(NC2CC2)c2[nH]cc(C)c2n1. The first kappa shape index (κ1) is 19.0. The minimum atomic E-state index is 0.511. The maximum Gasteiger partial charge on any atom is 0.229 e. The van der Waals surface area contributed by atoms with Gasteiger partial charge in [-0.2, -0.15) is 4.98 Å². The number of aromatic amines is 1. The lowest BCUT2D eigenvalue weighted by atomic mass is 10.2. The van der Waals surface area contributed by atoms with Gasteiger partial charge in [0.05, 0.1) is 18.3 Å². The zero-order valence-electron chi connectivity index (χ0n) is 17.8. The van der Waals surface area contributed by atoms with Crippen LogP contribution in [-0.2, 0) is 0 Å². The minimum Gasteiger partial charge on any atom is -0.494 e. The molecule has 2 aliphatic rings. The molecule has 8 heteroatoms. The molecule has 3 aromatic rings. The van der Waals surface area contributed by atoms with Gasteiger partial charge in [-0.1, -0.05) is 0 Å². The molecule has 1 aliphatic heterocycles. The van der Waals surface area contributed by atoms with Crippen molar-refractivity contribution in [2.24, 2.45) is 0 Å². The van der Waals surface area contributed by atoms with Crippen LogP contribution in [0, 0.1) is 6.92 Å². The Kier molecular flexibility index (Phi) is 4.86. The smallest absolute Gasteiger partial charge is 0.229 e. The summed E-state index contributed by atoms with van der Waals surface area (Å²) in [6.45, 7) is 6.25. The highest BCUT2D eigenvalue weighted by Gasteiger charge is 2.24. The van der Waals surface area contributed by atoms with Gasteiger partial charge in [-0.15, -0.1) is 0 Å². The van der Waals surface area contributed by atoms with Crippen LogP contribution in [0.4, 0.5) is 23.1 Å². The van der Waals surface area contributed by atoms with E-state index in [0.29, 0.717) is 12.0 Å². The number of hydrogen-bond acceptors (Lipinski definition) is 7. The van der Waals surface area contributed by atoms with Crippen molar-refractivity contribution in [3.05, 3.63) is 30.0 Å². The van der Waals surface area contributed by atoms with Crippen molar-refractivity contribution < 1.29 is 4.74 Å². The zero-order chi connectivity index (χ0) is 20.7. The number of fused-ring (bicyclic) bond motifs is 1. The van der Waals surface area contributed by atoms with Crippen LogP contribution in [0.2, 0.25) is 0 Å². The Bertz CT molecular complexity index is 1050. The molecule has 0 radical (unpaired) electrons. The fourth-order valence-electron chi connectivity index (χ4n) is 3.88. The number of H-pyrrole nitrogens is 1. The standard InChI is InChI=1S/C22H29N7O/c1-14-13-23-20-19(14)26-22(27-21(20)24-15-4-5-15)25-17-7-6-16(12-18(17)30-3)29-10-8-28(2)9-11-29/h6-7,12-13,15,23H,4-5,8-11H2,1-3H3,(H2,24,25,26,27). The molecule has 0 bridgehead atoms. The topological polar surface area (TPSA) is 81.3 Å². The summed E-state index contributed by atoms with van der Waals surface area (Å²) in [5, 5.41) is 6.89. The molecule has 30 heavy (non-hydrogen) atoms. The molecule has 1 saturated carbocycles. The summed E-state index contributed by atoms with van der Waals surface area (Å²) in [5.41, 5.74) is 5.04. The fourth-order valence-corrected chi connectivity index (χ4v) is 3.88. The number of piperazine rings is 1. The second kappa shape index (κ2) is 7.68. The highest BCUT2D eigenvalue weighted by molar-refractivity contribution is 5.90. The summed E-state index contributed by atoms with van der Waals surface area (Å²) in [5.74, 6) is 2.21. The summed E-state index contributed by atoms with van der Waals surface area (Å²) in [4.78, 5) is 17.6. The molecule has 0 unspecified atom stereocenters. The molecule has 5 rings (SSSR count). The third-order valence-electron chi connectivity index (χ3n) is 5.93. The molecule has 3 heterocycles. The van der Waals surface area contributed by atoms with E-state index in [9.17, 15) is 0 Å². The number of methoxy groups -OCH3 is 1. The third-order valence-corrected chi connectivity index (χ3v) is 5.93. The van der Waals surface area contributed by atoms with Crippen LogP contribution in [0.25, 0.3) is 11.0 Å². The van der Waals surface area contributed by atoms with Crippen molar-refractivity contribution in [3.63, 3.8) is 0 Å². The van der Waals surface area contributed by atoms with Crippen LogP contribution < -0.4 is 20.3 Å². The highest BCUT2D eigenvalue weighted by atomic mass is 16.5. The van der Waals surface area contributed by atoms with Gasteiger partial charge in [-0.05, 0) is 44.5 Å². The molecule has 0 atom stereocenters. The number of aryl methyl sites for hydroxylation is 1. The van der Waals surface area contributed by atoms with Crippen LogP contribution in [0.15, 0.2) is 24.4 Å². The van der Waals surface area contributed by atoms with Crippen molar-refractivity contribution in [1.29, 1.82) is 0 Å². The molecule has 0 amide bonds. The maximum atomic E-state index is 5.69. The summed E-state index contributed by atoms with van der Waals surface area (Å²) >= 11 is 0.